The zero-order valence-electron chi connectivity index (χ0n) is 9.46. The van der Waals surface area contributed by atoms with Crippen molar-refractivity contribution >= 4 is 5.69 Å². The molecule has 0 spiro atoms. The number of nitrogens with zero attached hydrogens (tertiary/aromatic N) is 1. The largest absolute Gasteiger partial charge is 0.388 e. The van der Waals surface area contributed by atoms with E-state index in [-0.39, 0.29) is 5.56 Å². The van der Waals surface area contributed by atoms with Crippen LogP contribution in [-0.2, 0) is 0 Å². The first-order valence-corrected chi connectivity index (χ1v) is 4.78. The first kappa shape index (κ1) is 11.7. The number of nitrogens with one attached hydrogen (secondary N) is 2. The minimum Gasteiger partial charge on any atom is -0.388 e. The molecule has 0 unspecified atom stereocenters. The zero-order chi connectivity index (χ0) is 11.7. The molecule has 0 atom stereocenters. The molecule has 0 aliphatic rings. The molecule has 15 heavy (non-hydrogen) atoms. The van der Waals surface area contributed by atoms with Gasteiger partial charge in [-0.05, 0) is 27.7 Å². The fourth-order valence-electron chi connectivity index (χ4n) is 0.958. The van der Waals surface area contributed by atoms with Gasteiger partial charge in [0.15, 0.2) is 0 Å². The second kappa shape index (κ2) is 3.66. The first-order valence-electron chi connectivity index (χ1n) is 4.78. The molecule has 0 saturated carbocycles. The Bertz CT molecular complexity index is 390. The standard InChI is InChI=1S/C10H17N3O2/c1-9(2,10(3,4)15)12-7-5-8(14)13-11-6-7/h5-6,15H,1-4H3,(H2,12,13,14). The van der Waals surface area contributed by atoms with Gasteiger partial charge in [0.1, 0.15) is 0 Å². The van der Waals surface area contributed by atoms with E-state index in [0.29, 0.717) is 5.69 Å². The Morgan fingerprint density at radius 3 is 2.47 bits per heavy atom. The van der Waals surface area contributed by atoms with Crippen molar-refractivity contribution < 1.29 is 5.11 Å². The fraction of sp³-hybridized carbons (Fsp3) is 0.600. The molecule has 0 saturated heterocycles. The highest BCUT2D eigenvalue weighted by molar-refractivity contribution is 5.42. The van der Waals surface area contributed by atoms with E-state index in [1.807, 2.05) is 13.8 Å². The highest BCUT2D eigenvalue weighted by atomic mass is 16.3. The summed E-state index contributed by atoms with van der Waals surface area (Å²) >= 11 is 0. The Morgan fingerprint density at radius 1 is 1.40 bits per heavy atom. The molecule has 0 amide bonds. The Labute approximate surface area is 88.5 Å². The van der Waals surface area contributed by atoms with E-state index >= 15 is 0 Å². The van der Waals surface area contributed by atoms with E-state index in [1.165, 1.54) is 12.3 Å². The van der Waals surface area contributed by atoms with Gasteiger partial charge in [0.2, 0.25) is 0 Å². The number of aromatic amines is 1. The van der Waals surface area contributed by atoms with Crippen LogP contribution in [0.5, 0.6) is 0 Å². The molecule has 0 fully saturated rings. The third kappa shape index (κ3) is 2.79. The van der Waals surface area contributed by atoms with Crippen LogP contribution in [0.2, 0.25) is 0 Å². The number of hydrogen-bond donors (Lipinski definition) is 3. The van der Waals surface area contributed by atoms with Gasteiger partial charge in [0.25, 0.3) is 5.56 Å². The van der Waals surface area contributed by atoms with E-state index < -0.39 is 11.1 Å². The van der Waals surface area contributed by atoms with Crippen molar-refractivity contribution in [2.24, 2.45) is 0 Å². The average molecular weight is 211 g/mol. The van der Waals surface area contributed by atoms with Crippen molar-refractivity contribution in [3.05, 3.63) is 22.6 Å². The van der Waals surface area contributed by atoms with Crippen LogP contribution in [0, 0.1) is 0 Å². The van der Waals surface area contributed by atoms with Crippen molar-refractivity contribution in [2.45, 2.75) is 38.8 Å². The smallest absolute Gasteiger partial charge is 0.266 e. The lowest BCUT2D eigenvalue weighted by atomic mass is 9.86. The molecule has 3 N–H and O–H groups in total. The van der Waals surface area contributed by atoms with E-state index in [2.05, 4.69) is 15.5 Å². The molecule has 1 heterocycles. The molecule has 0 radical (unpaired) electrons. The summed E-state index contributed by atoms with van der Waals surface area (Å²) in [5, 5.41) is 18.9. The fourth-order valence-corrected chi connectivity index (χ4v) is 0.958. The summed E-state index contributed by atoms with van der Waals surface area (Å²) in [6.07, 6.45) is 1.51. The Morgan fingerprint density at radius 2 is 2.00 bits per heavy atom. The minimum atomic E-state index is -0.907. The maximum atomic E-state index is 11.0. The maximum Gasteiger partial charge on any atom is 0.266 e. The molecule has 1 rings (SSSR count). The van der Waals surface area contributed by atoms with Gasteiger partial charge in [-0.15, -0.1) is 0 Å². The van der Waals surface area contributed by atoms with Crippen LogP contribution >= 0.6 is 0 Å². The van der Waals surface area contributed by atoms with Gasteiger partial charge in [0, 0.05) is 6.07 Å². The number of H-pyrrole nitrogens is 1. The topological polar surface area (TPSA) is 78.0 Å². The van der Waals surface area contributed by atoms with Crippen molar-refractivity contribution in [1.29, 1.82) is 0 Å². The average Bonchev–Trinajstić information content (AvgIpc) is 2.00. The van der Waals surface area contributed by atoms with Gasteiger partial charge in [-0.2, -0.15) is 5.10 Å². The van der Waals surface area contributed by atoms with Crippen LogP contribution < -0.4 is 10.9 Å². The van der Waals surface area contributed by atoms with Crippen LogP contribution in [-0.4, -0.2) is 26.4 Å². The Hall–Kier alpha value is -1.36. The van der Waals surface area contributed by atoms with Crippen LogP contribution in [0.3, 0.4) is 0 Å². The predicted octanol–water partition coefficient (Wildman–Crippen LogP) is 0.731. The molecule has 5 nitrogen and oxygen atoms in total. The molecule has 0 aromatic carbocycles. The van der Waals surface area contributed by atoms with Gasteiger partial charge in [-0.25, -0.2) is 5.10 Å². The number of hydrogen-bond acceptors (Lipinski definition) is 4. The number of anilines is 1. The predicted molar refractivity (Wildman–Crippen MR) is 58.9 cm³/mol. The normalized spacial score (nSPS) is 12.6. The molecular formula is C10H17N3O2. The SMILES string of the molecule is CC(C)(O)C(C)(C)Nc1cn[nH]c(=O)c1. The van der Waals surface area contributed by atoms with Crippen molar-refractivity contribution in [3.63, 3.8) is 0 Å². The molecule has 0 aliphatic carbocycles. The third-order valence-electron chi connectivity index (χ3n) is 2.65. The van der Waals surface area contributed by atoms with Gasteiger partial charge in [-0.3, -0.25) is 4.79 Å². The highest BCUT2D eigenvalue weighted by Crippen LogP contribution is 2.24. The monoisotopic (exact) mass is 211 g/mol. The van der Waals surface area contributed by atoms with Crippen LogP contribution in [0.4, 0.5) is 5.69 Å². The van der Waals surface area contributed by atoms with Gasteiger partial charge in [0.05, 0.1) is 23.0 Å². The number of aliphatic hydroxyl groups is 1. The van der Waals surface area contributed by atoms with Crippen molar-refractivity contribution in [1.82, 2.24) is 10.2 Å². The van der Waals surface area contributed by atoms with Crippen LogP contribution in [0.15, 0.2) is 17.1 Å². The first-order chi connectivity index (χ1) is 6.72. The van der Waals surface area contributed by atoms with E-state index in [4.69, 9.17) is 0 Å². The zero-order valence-corrected chi connectivity index (χ0v) is 9.46. The molecular weight excluding hydrogens is 194 g/mol. The Balaban J connectivity index is 2.91. The molecule has 1 aromatic rings. The Kier molecular flexibility index (Phi) is 2.86. The summed E-state index contributed by atoms with van der Waals surface area (Å²) in [6, 6.07) is 1.40. The van der Waals surface area contributed by atoms with Gasteiger partial charge >= 0.3 is 0 Å². The second-order valence-corrected chi connectivity index (χ2v) is 4.64. The minimum absolute atomic E-state index is 0.272. The third-order valence-corrected chi connectivity index (χ3v) is 2.65. The molecule has 84 valence electrons. The molecule has 5 heteroatoms. The van der Waals surface area contributed by atoms with Crippen LogP contribution in [0.25, 0.3) is 0 Å². The summed E-state index contributed by atoms with van der Waals surface area (Å²) in [4.78, 5) is 11.0. The lowest BCUT2D eigenvalue weighted by Gasteiger charge is -2.38. The lowest BCUT2D eigenvalue weighted by Crippen LogP contribution is -2.51. The molecule has 0 aliphatic heterocycles. The molecule has 0 bridgehead atoms. The summed E-state index contributed by atoms with van der Waals surface area (Å²) in [6.45, 7) is 7.13. The van der Waals surface area contributed by atoms with Crippen molar-refractivity contribution in [3.8, 4) is 0 Å². The summed E-state index contributed by atoms with van der Waals surface area (Å²) < 4.78 is 0. The second-order valence-electron chi connectivity index (χ2n) is 4.64. The summed E-state index contributed by atoms with van der Waals surface area (Å²) in [7, 11) is 0. The van der Waals surface area contributed by atoms with Crippen molar-refractivity contribution in [2.75, 3.05) is 5.32 Å². The highest BCUT2D eigenvalue weighted by Gasteiger charge is 2.34. The molecule has 1 aromatic heterocycles. The summed E-state index contributed by atoms with van der Waals surface area (Å²) in [5.74, 6) is 0. The van der Waals surface area contributed by atoms with Crippen LogP contribution in [0.1, 0.15) is 27.7 Å². The van der Waals surface area contributed by atoms with E-state index in [9.17, 15) is 9.90 Å². The quantitative estimate of drug-likeness (QED) is 0.688. The van der Waals surface area contributed by atoms with Gasteiger partial charge < -0.3 is 10.4 Å². The lowest BCUT2D eigenvalue weighted by molar-refractivity contribution is 0.0240. The summed E-state index contributed by atoms with van der Waals surface area (Å²) in [5.41, 5.74) is -1.14. The number of rotatable bonds is 3. The van der Waals surface area contributed by atoms with E-state index in [0.717, 1.165) is 0 Å². The number of aromatic nitrogens is 2. The van der Waals surface area contributed by atoms with E-state index in [1.54, 1.807) is 13.8 Å². The maximum absolute atomic E-state index is 11.0. The van der Waals surface area contributed by atoms with Gasteiger partial charge in [-0.1, -0.05) is 0 Å².